The second-order valence-electron chi connectivity index (χ2n) is 6.51. The fourth-order valence-corrected chi connectivity index (χ4v) is 3.18. The molecule has 0 spiro atoms. The van der Waals surface area contributed by atoms with Crippen LogP contribution < -0.4 is 5.32 Å². The van der Waals surface area contributed by atoms with E-state index < -0.39 is 0 Å². The van der Waals surface area contributed by atoms with Gasteiger partial charge in [-0.05, 0) is 23.8 Å². The third-order valence-corrected chi connectivity index (χ3v) is 4.63. The van der Waals surface area contributed by atoms with Crippen LogP contribution in [0.5, 0.6) is 0 Å². The van der Waals surface area contributed by atoms with Gasteiger partial charge in [-0.1, -0.05) is 48.5 Å². The van der Waals surface area contributed by atoms with Crippen molar-refractivity contribution in [3.8, 4) is 0 Å². The monoisotopic (exact) mass is 360 g/mol. The van der Waals surface area contributed by atoms with Crippen molar-refractivity contribution in [1.82, 2.24) is 20.0 Å². The van der Waals surface area contributed by atoms with Crippen molar-refractivity contribution in [2.75, 3.05) is 6.54 Å². The van der Waals surface area contributed by atoms with Crippen LogP contribution in [0, 0.1) is 0 Å². The van der Waals surface area contributed by atoms with Crippen molar-refractivity contribution in [3.05, 3.63) is 89.2 Å². The zero-order valence-corrected chi connectivity index (χ0v) is 14.8. The Morgan fingerprint density at radius 2 is 1.67 bits per heavy atom. The van der Waals surface area contributed by atoms with Gasteiger partial charge in [0.05, 0.1) is 18.8 Å². The van der Waals surface area contributed by atoms with E-state index >= 15 is 0 Å². The van der Waals surface area contributed by atoms with Gasteiger partial charge in [0.2, 0.25) is 0 Å². The van der Waals surface area contributed by atoms with E-state index in [1.807, 2.05) is 65.3 Å². The molecule has 136 valence electrons. The molecule has 0 fully saturated rings. The molecule has 2 amide bonds. The van der Waals surface area contributed by atoms with Crippen molar-refractivity contribution in [1.29, 1.82) is 0 Å². The Morgan fingerprint density at radius 1 is 0.963 bits per heavy atom. The summed E-state index contributed by atoms with van der Waals surface area (Å²) in [5, 5.41) is 7.29. The second-order valence-corrected chi connectivity index (χ2v) is 6.51. The van der Waals surface area contributed by atoms with Crippen molar-refractivity contribution in [2.24, 2.45) is 0 Å². The molecule has 3 aromatic rings. The number of aromatic nitrogens is 2. The summed E-state index contributed by atoms with van der Waals surface area (Å²) in [4.78, 5) is 26.8. The van der Waals surface area contributed by atoms with E-state index in [-0.39, 0.29) is 11.8 Å². The normalized spacial score (nSPS) is 13.1. The fraction of sp³-hybridized carbons (Fsp3) is 0.190. The molecule has 1 aliphatic rings. The molecule has 0 atom stereocenters. The zero-order chi connectivity index (χ0) is 18.6. The fourth-order valence-electron chi connectivity index (χ4n) is 3.18. The first kappa shape index (κ1) is 17.0. The first-order chi connectivity index (χ1) is 13.2. The van der Waals surface area contributed by atoms with Gasteiger partial charge in [-0.25, -0.2) is 0 Å². The van der Waals surface area contributed by atoms with Gasteiger partial charge in [-0.2, -0.15) is 5.10 Å². The number of carbonyl (C=O) groups is 2. The average Bonchev–Trinajstić information content (AvgIpc) is 3.16. The van der Waals surface area contributed by atoms with Crippen LogP contribution in [0.3, 0.4) is 0 Å². The minimum absolute atomic E-state index is 0.00173. The van der Waals surface area contributed by atoms with Crippen LogP contribution in [0.15, 0.2) is 66.7 Å². The Bertz CT molecular complexity index is 951. The standard InChI is InChI=1S/C21H20N4O2/c26-20(22-14-16-7-3-1-4-8-16)19-13-18-15-24(11-12-25(18)23-19)21(27)17-9-5-2-6-10-17/h1-10,13H,11-12,14-15H2,(H,22,26). The van der Waals surface area contributed by atoms with Crippen molar-refractivity contribution >= 4 is 11.8 Å². The number of nitrogens with one attached hydrogen (secondary N) is 1. The summed E-state index contributed by atoms with van der Waals surface area (Å²) in [6.07, 6.45) is 0. The topological polar surface area (TPSA) is 67.2 Å². The largest absolute Gasteiger partial charge is 0.347 e. The molecule has 0 saturated carbocycles. The Balaban J connectivity index is 1.42. The molecule has 1 aromatic heterocycles. The number of hydrogen-bond donors (Lipinski definition) is 1. The lowest BCUT2D eigenvalue weighted by Gasteiger charge is -2.27. The Labute approximate surface area is 157 Å². The molecule has 1 aliphatic heterocycles. The maximum Gasteiger partial charge on any atom is 0.272 e. The minimum Gasteiger partial charge on any atom is -0.347 e. The quantitative estimate of drug-likeness (QED) is 0.777. The molecule has 6 nitrogen and oxygen atoms in total. The molecule has 2 heterocycles. The van der Waals surface area contributed by atoms with Crippen molar-refractivity contribution in [2.45, 2.75) is 19.6 Å². The third kappa shape index (κ3) is 3.74. The number of amides is 2. The highest BCUT2D eigenvalue weighted by Gasteiger charge is 2.24. The molecule has 0 aliphatic carbocycles. The summed E-state index contributed by atoms with van der Waals surface area (Å²) in [5.74, 6) is -0.209. The molecule has 4 rings (SSSR count). The van der Waals surface area contributed by atoms with E-state index in [2.05, 4.69) is 10.4 Å². The van der Waals surface area contributed by atoms with Crippen LogP contribution in [0.25, 0.3) is 0 Å². The van der Waals surface area contributed by atoms with E-state index in [0.717, 1.165) is 11.3 Å². The predicted octanol–water partition coefficient (Wildman–Crippen LogP) is 2.47. The van der Waals surface area contributed by atoms with Gasteiger partial charge in [0.15, 0.2) is 5.69 Å². The molecule has 1 N–H and O–H groups in total. The molecule has 27 heavy (non-hydrogen) atoms. The van der Waals surface area contributed by atoms with Crippen molar-refractivity contribution < 1.29 is 9.59 Å². The van der Waals surface area contributed by atoms with Crippen molar-refractivity contribution in [3.63, 3.8) is 0 Å². The second kappa shape index (κ2) is 7.45. The van der Waals surface area contributed by atoms with Crippen LogP contribution in [0.1, 0.15) is 32.1 Å². The summed E-state index contributed by atoms with van der Waals surface area (Å²) in [5.41, 5.74) is 2.96. The average molecular weight is 360 g/mol. The number of hydrogen-bond acceptors (Lipinski definition) is 3. The Hall–Kier alpha value is -3.41. The number of fused-ring (bicyclic) bond motifs is 1. The molecule has 0 radical (unpaired) electrons. The minimum atomic E-state index is -0.207. The van der Waals surface area contributed by atoms with Crippen LogP contribution in [0.4, 0.5) is 0 Å². The molecule has 2 aromatic carbocycles. The van der Waals surface area contributed by atoms with Crippen LogP contribution >= 0.6 is 0 Å². The van der Waals surface area contributed by atoms with E-state index in [4.69, 9.17) is 0 Å². The lowest BCUT2D eigenvalue weighted by Crippen LogP contribution is -2.38. The molecule has 0 saturated heterocycles. The molecule has 0 unspecified atom stereocenters. The summed E-state index contributed by atoms with van der Waals surface area (Å²) in [6.45, 7) is 2.07. The molecule has 0 bridgehead atoms. The van der Waals surface area contributed by atoms with Gasteiger partial charge < -0.3 is 10.2 Å². The van der Waals surface area contributed by atoms with Gasteiger partial charge in [0.25, 0.3) is 11.8 Å². The zero-order valence-electron chi connectivity index (χ0n) is 14.8. The smallest absolute Gasteiger partial charge is 0.272 e. The molecule has 6 heteroatoms. The summed E-state index contributed by atoms with van der Waals surface area (Å²) in [7, 11) is 0. The van der Waals surface area contributed by atoms with Crippen LogP contribution in [-0.2, 0) is 19.6 Å². The maximum atomic E-state index is 12.6. The number of nitrogens with zero attached hydrogens (tertiary/aromatic N) is 3. The number of carbonyl (C=O) groups excluding carboxylic acids is 2. The number of benzene rings is 2. The van der Waals surface area contributed by atoms with Gasteiger partial charge in [0.1, 0.15) is 0 Å². The first-order valence-corrected chi connectivity index (χ1v) is 8.94. The highest BCUT2D eigenvalue weighted by Crippen LogP contribution is 2.16. The summed E-state index contributed by atoms with van der Waals surface area (Å²) < 4.78 is 1.81. The highest BCUT2D eigenvalue weighted by atomic mass is 16.2. The van der Waals surface area contributed by atoms with Gasteiger partial charge in [-0.15, -0.1) is 0 Å². The summed E-state index contributed by atoms with van der Waals surface area (Å²) in [6, 6.07) is 20.8. The lowest BCUT2D eigenvalue weighted by atomic mass is 10.2. The van der Waals surface area contributed by atoms with Crippen LogP contribution in [0.2, 0.25) is 0 Å². The SMILES string of the molecule is O=C(NCc1ccccc1)c1cc2n(n1)CCN(C(=O)c1ccccc1)C2. The Morgan fingerprint density at radius 3 is 2.41 bits per heavy atom. The molecular formula is C21H20N4O2. The summed E-state index contributed by atoms with van der Waals surface area (Å²) >= 11 is 0. The Kier molecular flexibility index (Phi) is 4.70. The van der Waals surface area contributed by atoms with Gasteiger partial charge >= 0.3 is 0 Å². The highest BCUT2D eigenvalue weighted by molar-refractivity contribution is 5.94. The van der Waals surface area contributed by atoms with E-state index in [9.17, 15) is 9.59 Å². The van der Waals surface area contributed by atoms with Gasteiger partial charge in [0, 0.05) is 18.7 Å². The maximum absolute atomic E-state index is 12.6. The first-order valence-electron chi connectivity index (χ1n) is 8.94. The van der Waals surface area contributed by atoms with Gasteiger partial charge in [-0.3, -0.25) is 14.3 Å². The predicted molar refractivity (Wildman–Crippen MR) is 101 cm³/mol. The third-order valence-electron chi connectivity index (χ3n) is 4.63. The van der Waals surface area contributed by atoms with E-state index in [0.29, 0.717) is 37.4 Å². The van der Waals surface area contributed by atoms with E-state index in [1.165, 1.54) is 0 Å². The van der Waals surface area contributed by atoms with E-state index in [1.54, 1.807) is 11.0 Å². The lowest BCUT2D eigenvalue weighted by molar-refractivity contribution is 0.0705. The molecular weight excluding hydrogens is 340 g/mol. The van der Waals surface area contributed by atoms with Crippen LogP contribution in [-0.4, -0.2) is 33.0 Å². The number of rotatable bonds is 4.